The Hall–Kier alpha value is -2.94. The van der Waals surface area contributed by atoms with Crippen molar-refractivity contribution in [3.05, 3.63) is 63.6 Å². The topological polar surface area (TPSA) is 82.0 Å². The highest BCUT2D eigenvalue weighted by Gasteiger charge is 2.21. The number of hydrogen-bond acceptors (Lipinski definition) is 4. The molecule has 2 N–H and O–H groups in total. The van der Waals surface area contributed by atoms with Crippen LogP contribution in [0.3, 0.4) is 0 Å². The van der Waals surface area contributed by atoms with Crippen LogP contribution in [0.2, 0.25) is 10.0 Å². The van der Waals surface area contributed by atoms with E-state index in [9.17, 15) is 10.4 Å². The normalized spacial score (nSPS) is 11.4. The number of benzene rings is 2. The Bertz CT molecular complexity index is 1070. The number of halogens is 2. The Labute approximate surface area is 159 Å². The number of hydrogen-bond donors (Lipinski definition) is 2. The van der Waals surface area contributed by atoms with Gasteiger partial charge in [0.05, 0.1) is 28.4 Å². The molecule has 0 radical (unpaired) electrons. The van der Waals surface area contributed by atoms with Crippen molar-refractivity contribution in [1.82, 2.24) is 4.57 Å². The molecule has 0 amide bonds. The van der Waals surface area contributed by atoms with Gasteiger partial charge in [-0.2, -0.15) is 5.26 Å². The second kappa shape index (κ2) is 7.12. The third kappa shape index (κ3) is 2.90. The summed E-state index contributed by atoms with van der Waals surface area (Å²) in [6, 6.07) is 14.2. The molecule has 0 aliphatic carbocycles. The fourth-order valence-corrected chi connectivity index (χ4v) is 3.29. The predicted molar refractivity (Wildman–Crippen MR) is 103 cm³/mol. The maximum atomic E-state index is 10.9. The fourth-order valence-electron chi connectivity index (χ4n) is 2.73. The molecule has 7 heteroatoms. The van der Waals surface area contributed by atoms with Crippen LogP contribution in [0.5, 0.6) is 5.88 Å². The van der Waals surface area contributed by atoms with Crippen molar-refractivity contribution in [2.75, 3.05) is 7.11 Å². The average Bonchev–Trinajstić information content (AvgIpc) is 2.91. The minimum Gasteiger partial charge on any atom is -0.494 e. The monoisotopic (exact) mass is 385 g/mol. The SMILES string of the molecule is COC(=N)/C(C#N)=C/c1c(O)n(-c2c(Cl)cccc2Cl)c2ccccc12. The zero-order valence-electron chi connectivity index (χ0n) is 13.6. The van der Waals surface area contributed by atoms with E-state index in [2.05, 4.69) is 0 Å². The van der Waals surface area contributed by atoms with Crippen LogP contribution in [0.25, 0.3) is 22.7 Å². The van der Waals surface area contributed by atoms with Gasteiger partial charge in [0, 0.05) is 10.9 Å². The molecular weight excluding hydrogens is 373 g/mol. The maximum Gasteiger partial charge on any atom is 0.223 e. The molecule has 0 unspecified atom stereocenters. The average molecular weight is 386 g/mol. The van der Waals surface area contributed by atoms with E-state index >= 15 is 0 Å². The van der Waals surface area contributed by atoms with E-state index in [1.807, 2.05) is 18.2 Å². The summed E-state index contributed by atoms with van der Waals surface area (Å²) in [6.45, 7) is 0. The van der Waals surface area contributed by atoms with Gasteiger partial charge < -0.3 is 9.84 Å². The number of fused-ring (bicyclic) bond motifs is 1. The lowest BCUT2D eigenvalue weighted by Gasteiger charge is -2.11. The lowest BCUT2D eigenvalue weighted by Crippen LogP contribution is -2.01. The van der Waals surface area contributed by atoms with Gasteiger partial charge in [0.1, 0.15) is 11.6 Å². The van der Waals surface area contributed by atoms with Crippen LogP contribution in [0.15, 0.2) is 48.0 Å². The van der Waals surface area contributed by atoms with E-state index < -0.39 is 0 Å². The quantitative estimate of drug-likeness (QED) is 0.370. The summed E-state index contributed by atoms with van der Waals surface area (Å²) in [5.41, 5.74) is 1.45. The molecule has 2 aromatic carbocycles. The number of aromatic hydroxyl groups is 1. The summed E-state index contributed by atoms with van der Waals surface area (Å²) in [4.78, 5) is 0. The van der Waals surface area contributed by atoms with Crippen LogP contribution in [0, 0.1) is 16.7 Å². The van der Waals surface area contributed by atoms with Gasteiger partial charge in [-0.05, 0) is 24.3 Å². The Morgan fingerprint density at radius 3 is 2.46 bits per heavy atom. The van der Waals surface area contributed by atoms with Crippen molar-refractivity contribution < 1.29 is 9.84 Å². The first kappa shape index (κ1) is 17.9. The Morgan fingerprint density at radius 1 is 1.19 bits per heavy atom. The zero-order valence-corrected chi connectivity index (χ0v) is 15.1. The van der Waals surface area contributed by atoms with Gasteiger partial charge in [-0.3, -0.25) is 9.98 Å². The van der Waals surface area contributed by atoms with E-state index in [1.54, 1.807) is 30.3 Å². The molecule has 0 saturated heterocycles. The molecule has 5 nitrogen and oxygen atoms in total. The molecule has 130 valence electrons. The molecule has 0 spiro atoms. The van der Waals surface area contributed by atoms with E-state index in [-0.39, 0.29) is 17.4 Å². The van der Waals surface area contributed by atoms with Crippen LogP contribution >= 0.6 is 23.2 Å². The molecule has 0 atom stereocenters. The van der Waals surface area contributed by atoms with Gasteiger partial charge in [0.2, 0.25) is 11.8 Å². The van der Waals surface area contributed by atoms with Crippen LogP contribution in [-0.4, -0.2) is 22.7 Å². The van der Waals surface area contributed by atoms with Crippen molar-refractivity contribution in [3.8, 4) is 17.6 Å². The standard InChI is InChI=1S/C19H13Cl2N3O2/c1-26-18(23)11(10-22)9-13-12-5-2-3-8-16(12)24(19(13)25)17-14(20)6-4-7-15(17)21/h2-9,23,25H,1H3/b11-9+,23-18?. The van der Waals surface area contributed by atoms with Gasteiger partial charge in [-0.25, -0.2) is 0 Å². The molecule has 0 aliphatic rings. The third-order valence-corrected chi connectivity index (χ3v) is 4.52. The van der Waals surface area contributed by atoms with Gasteiger partial charge >= 0.3 is 0 Å². The number of aromatic nitrogens is 1. The fraction of sp³-hybridized carbons (Fsp3) is 0.0526. The van der Waals surface area contributed by atoms with E-state index in [0.717, 1.165) is 0 Å². The van der Waals surface area contributed by atoms with Crippen LogP contribution in [0.1, 0.15) is 5.56 Å². The first-order chi connectivity index (χ1) is 12.5. The first-order valence-corrected chi connectivity index (χ1v) is 8.26. The summed E-state index contributed by atoms with van der Waals surface area (Å²) in [7, 11) is 1.31. The summed E-state index contributed by atoms with van der Waals surface area (Å²) >= 11 is 12.6. The van der Waals surface area contributed by atoms with Gasteiger partial charge in [-0.1, -0.05) is 47.5 Å². The van der Waals surface area contributed by atoms with E-state index in [4.69, 9.17) is 33.3 Å². The molecule has 1 heterocycles. The van der Waals surface area contributed by atoms with Crippen LogP contribution in [0.4, 0.5) is 0 Å². The zero-order chi connectivity index (χ0) is 18.8. The molecule has 1 aromatic heterocycles. The number of nitriles is 1. The number of ether oxygens (including phenoxy) is 1. The number of methoxy groups -OCH3 is 1. The number of nitrogens with one attached hydrogen (secondary N) is 1. The van der Waals surface area contributed by atoms with Crippen LogP contribution < -0.4 is 0 Å². The summed E-state index contributed by atoms with van der Waals surface area (Å²) in [5, 5.41) is 29.3. The lowest BCUT2D eigenvalue weighted by molar-refractivity contribution is 0.401. The molecule has 0 bridgehead atoms. The molecular formula is C19H13Cl2N3O2. The molecule has 0 fully saturated rings. The Balaban J connectivity index is 2.39. The van der Waals surface area contributed by atoms with Crippen LogP contribution in [-0.2, 0) is 4.74 Å². The summed E-state index contributed by atoms with van der Waals surface area (Å²) in [5.74, 6) is -0.433. The minimum atomic E-state index is -0.292. The first-order valence-electron chi connectivity index (χ1n) is 7.51. The Morgan fingerprint density at radius 2 is 1.85 bits per heavy atom. The number of para-hydroxylation sites is 2. The second-order valence-electron chi connectivity index (χ2n) is 5.36. The van der Waals surface area contributed by atoms with Gasteiger partial charge in [0.25, 0.3) is 0 Å². The van der Waals surface area contributed by atoms with Crippen molar-refractivity contribution >= 4 is 46.1 Å². The summed E-state index contributed by atoms with van der Waals surface area (Å²) in [6.07, 6.45) is 1.41. The highest BCUT2D eigenvalue weighted by Crippen LogP contribution is 2.40. The number of nitrogens with zero attached hydrogens (tertiary/aromatic N) is 2. The van der Waals surface area contributed by atoms with Crippen molar-refractivity contribution in [1.29, 1.82) is 10.7 Å². The molecule has 3 aromatic rings. The molecule has 0 aliphatic heterocycles. The number of rotatable bonds is 3. The second-order valence-corrected chi connectivity index (χ2v) is 6.18. The summed E-state index contributed by atoms with van der Waals surface area (Å²) < 4.78 is 6.34. The van der Waals surface area contributed by atoms with Gasteiger partial charge in [-0.15, -0.1) is 0 Å². The minimum absolute atomic E-state index is 0.0176. The highest BCUT2D eigenvalue weighted by atomic mass is 35.5. The van der Waals surface area contributed by atoms with Crippen molar-refractivity contribution in [2.24, 2.45) is 0 Å². The van der Waals surface area contributed by atoms with Gasteiger partial charge in [0.15, 0.2) is 0 Å². The molecule has 0 saturated carbocycles. The highest BCUT2D eigenvalue weighted by molar-refractivity contribution is 6.38. The largest absolute Gasteiger partial charge is 0.494 e. The van der Waals surface area contributed by atoms with Crippen molar-refractivity contribution in [3.63, 3.8) is 0 Å². The van der Waals surface area contributed by atoms with E-state index in [1.165, 1.54) is 17.8 Å². The molecule has 3 rings (SSSR count). The van der Waals surface area contributed by atoms with Crippen molar-refractivity contribution in [2.45, 2.75) is 0 Å². The van der Waals surface area contributed by atoms with E-state index in [0.29, 0.717) is 32.2 Å². The maximum absolute atomic E-state index is 10.9. The third-order valence-electron chi connectivity index (χ3n) is 3.91. The molecule has 26 heavy (non-hydrogen) atoms. The lowest BCUT2D eigenvalue weighted by atomic mass is 10.1. The smallest absolute Gasteiger partial charge is 0.223 e. The predicted octanol–water partition coefficient (Wildman–Crippen LogP) is 5.17. The Kier molecular flexibility index (Phi) is 4.90.